The van der Waals surface area contributed by atoms with Crippen molar-refractivity contribution in [1.29, 1.82) is 0 Å². The van der Waals surface area contributed by atoms with Gasteiger partial charge in [-0.1, -0.05) is 39.0 Å². The van der Waals surface area contributed by atoms with Crippen LogP contribution in [0.2, 0.25) is 0 Å². The average Bonchev–Trinajstić information content (AvgIpc) is 3.11. The van der Waals surface area contributed by atoms with E-state index in [0.29, 0.717) is 11.2 Å². The van der Waals surface area contributed by atoms with Gasteiger partial charge in [0.1, 0.15) is 5.69 Å². The zero-order valence-corrected chi connectivity index (χ0v) is 14.1. The second kappa shape index (κ2) is 5.76. The van der Waals surface area contributed by atoms with Gasteiger partial charge in [0.25, 0.3) is 0 Å². The molecule has 112 valence electrons. The summed E-state index contributed by atoms with van der Waals surface area (Å²) in [4.78, 5) is 0.818. The van der Waals surface area contributed by atoms with Crippen molar-refractivity contribution in [3.8, 4) is 10.7 Å². The third kappa shape index (κ3) is 2.96. The zero-order valence-electron chi connectivity index (χ0n) is 12.5. The van der Waals surface area contributed by atoms with Gasteiger partial charge >= 0.3 is 0 Å². The number of thioether (sulfide) groups is 1. The van der Waals surface area contributed by atoms with E-state index < -0.39 is 0 Å². The molecule has 0 atom stereocenters. The highest BCUT2D eigenvalue weighted by Gasteiger charge is 2.16. The third-order valence-corrected chi connectivity index (χ3v) is 5.05. The molecule has 21 heavy (non-hydrogen) atoms. The van der Waals surface area contributed by atoms with Crippen molar-refractivity contribution in [2.45, 2.75) is 44.6 Å². The van der Waals surface area contributed by atoms with Gasteiger partial charge in [-0.15, -0.1) is 10.2 Å². The predicted molar refractivity (Wildman–Crippen MR) is 86.8 cm³/mol. The Kier molecular flexibility index (Phi) is 3.99. The summed E-state index contributed by atoms with van der Waals surface area (Å²) < 4.78 is 1.83. The number of fused-ring (bicyclic) bond motifs is 1. The van der Waals surface area contributed by atoms with E-state index in [0.717, 1.165) is 32.9 Å². The van der Waals surface area contributed by atoms with E-state index in [-0.39, 0.29) is 0 Å². The predicted octanol–water partition coefficient (Wildman–Crippen LogP) is 3.34. The lowest BCUT2D eigenvalue weighted by atomic mass is 10.1. The Bertz CT molecular complexity index is 739. The smallest absolute Gasteiger partial charge is 0.235 e. The summed E-state index contributed by atoms with van der Waals surface area (Å²) in [5.74, 6) is 2.14. The molecule has 0 spiro atoms. The number of aromatic amines is 1. The van der Waals surface area contributed by atoms with Crippen LogP contribution in [-0.4, -0.2) is 35.3 Å². The molecule has 0 saturated carbocycles. The molecule has 0 radical (unpaired) electrons. The zero-order chi connectivity index (χ0) is 15.0. The summed E-state index contributed by atoms with van der Waals surface area (Å²) in [7, 11) is 0. The number of aromatic nitrogens is 6. The summed E-state index contributed by atoms with van der Waals surface area (Å²) in [5, 5.41) is 21.9. The second-order valence-corrected chi connectivity index (χ2v) is 7.96. The lowest BCUT2D eigenvalue weighted by molar-refractivity contribution is 0.810. The van der Waals surface area contributed by atoms with Crippen molar-refractivity contribution < 1.29 is 0 Å². The molecule has 3 heterocycles. The molecule has 0 saturated heterocycles. The monoisotopic (exact) mass is 322 g/mol. The van der Waals surface area contributed by atoms with Crippen molar-refractivity contribution in [3.05, 3.63) is 17.6 Å². The number of hydrogen-bond acceptors (Lipinski definition) is 6. The van der Waals surface area contributed by atoms with Crippen molar-refractivity contribution in [2.24, 2.45) is 0 Å². The summed E-state index contributed by atoms with van der Waals surface area (Å²) in [6, 6.07) is 2.05. The number of hydrogen-bond donors (Lipinski definition) is 1. The molecule has 1 N–H and O–H groups in total. The summed E-state index contributed by atoms with van der Waals surface area (Å²) in [6.07, 6.45) is 0. The van der Waals surface area contributed by atoms with Gasteiger partial charge < -0.3 is 0 Å². The highest BCUT2D eigenvalue weighted by Crippen LogP contribution is 2.27. The first-order valence-electron chi connectivity index (χ1n) is 6.93. The molecule has 0 bridgehead atoms. The molecule has 3 aromatic heterocycles. The van der Waals surface area contributed by atoms with Crippen molar-refractivity contribution in [1.82, 2.24) is 30.0 Å². The highest BCUT2D eigenvalue weighted by molar-refractivity contribution is 7.99. The average molecular weight is 322 g/mol. The van der Waals surface area contributed by atoms with Crippen LogP contribution in [0.1, 0.15) is 45.1 Å². The molecule has 0 fully saturated rings. The maximum atomic E-state index is 4.61. The van der Waals surface area contributed by atoms with Crippen molar-refractivity contribution in [3.63, 3.8) is 0 Å². The van der Waals surface area contributed by atoms with E-state index in [1.807, 2.05) is 16.3 Å². The Morgan fingerprint density at radius 3 is 2.76 bits per heavy atom. The SMILES string of the molecule is CC(C)SCc1nnc2sc(-c3cc(C(C)C)[nH]n3)nn12. The molecule has 0 unspecified atom stereocenters. The molecule has 3 rings (SSSR count). The first kappa shape index (κ1) is 14.5. The molecule has 0 amide bonds. The van der Waals surface area contributed by atoms with Crippen LogP contribution in [0.5, 0.6) is 0 Å². The number of rotatable bonds is 5. The molecular weight excluding hydrogens is 304 g/mol. The Morgan fingerprint density at radius 2 is 2.10 bits per heavy atom. The van der Waals surface area contributed by atoms with Gasteiger partial charge in [-0.05, 0) is 17.2 Å². The Labute approximate surface area is 131 Å². The normalized spacial score (nSPS) is 12.1. The van der Waals surface area contributed by atoms with Gasteiger partial charge in [-0.25, -0.2) is 0 Å². The molecule has 0 aliphatic rings. The molecular formula is C13H18N6S2. The van der Waals surface area contributed by atoms with E-state index in [1.165, 1.54) is 11.3 Å². The van der Waals surface area contributed by atoms with E-state index in [9.17, 15) is 0 Å². The molecule has 8 heteroatoms. The second-order valence-electron chi connectivity index (χ2n) is 5.44. The van der Waals surface area contributed by atoms with Crippen LogP contribution in [0.25, 0.3) is 15.7 Å². The lowest BCUT2D eigenvalue weighted by Gasteiger charge is -2.00. The van der Waals surface area contributed by atoms with Crippen molar-refractivity contribution >= 4 is 28.1 Å². The molecule has 0 aromatic carbocycles. The molecule has 0 aliphatic carbocycles. The first-order chi connectivity index (χ1) is 10.0. The minimum atomic E-state index is 0.426. The maximum absolute atomic E-state index is 4.61. The van der Waals surface area contributed by atoms with Crippen LogP contribution < -0.4 is 0 Å². The number of H-pyrrole nitrogens is 1. The fourth-order valence-electron chi connectivity index (χ4n) is 1.83. The number of nitrogens with one attached hydrogen (secondary N) is 1. The molecule has 6 nitrogen and oxygen atoms in total. The lowest BCUT2D eigenvalue weighted by Crippen LogP contribution is -1.96. The Balaban J connectivity index is 1.90. The maximum Gasteiger partial charge on any atom is 0.235 e. The molecule has 0 aliphatic heterocycles. The van der Waals surface area contributed by atoms with E-state index in [1.54, 1.807) is 0 Å². The number of nitrogens with zero attached hydrogens (tertiary/aromatic N) is 5. The largest absolute Gasteiger partial charge is 0.282 e. The van der Waals surface area contributed by atoms with Crippen LogP contribution in [0.4, 0.5) is 0 Å². The van der Waals surface area contributed by atoms with Gasteiger partial charge in [-0.3, -0.25) is 5.10 Å². The van der Waals surface area contributed by atoms with Gasteiger partial charge in [-0.2, -0.15) is 26.5 Å². The third-order valence-electron chi connectivity index (χ3n) is 3.04. The molecule has 3 aromatic rings. The van der Waals surface area contributed by atoms with Crippen LogP contribution in [0.3, 0.4) is 0 Å². The van der Waals surface area contributed by atoms with Gasteiger partial charge in [0, 0.05) is 5.69 Å². The minimum Gasteiger partial charge on any atom is -0.282 e. The quantitative estimate of drug-likeness (QED) is 0.780. The Morgan fingerprint density at radius 1 is 1.29 bits per heavy atom. The van der Waals surface area contributed by atoms with E-state index >= 15 is 0 Å². The highest BCUT2D eigenvalue weighted by atomic mass is 32.2. The van der Waals surface area contributed by atoms with Crippen LogP contribution in [-0.2, 0) is 5.75 Å². The Hall–Kier alpha value is -1.41. The van der Waals surface area contributed by atoms with Gasteiger partial charge in [0.2, 0.25) is 4.96 Å². The van der Waals surface area contributed by atoms with Gasteiger partial charge in [0.05, 0.1) is 5.75 Å². The van der Waals surface area contributed by atoms with Crippen LogP contribution >= 0.6 is 23.1 Å². The summed E-state index contributed by atoms with van der Waals surface area (Å²) in [6.45, 7) is 8.62. The summed E-state index contributed by atoms with van der Waals surface area (Å²) in [5.41, 5.74) is 1.99. The van der Waals surface area contributed by atoms with Gasteiger partial charge in [0.15, 0.2) is 10.8 Å². The minimum absolute atomic E-state index is 0.426. The van der Waals surface area contributed by atoms with E-state index in [4.69, 9.17) is 0 Å². The van der Waals surface area contributed by atoms with Crippen molar-refractivity contribution in [2.75, 3.05) is 0 Å². The fourth-order valence-corrected chi connectivity index (χ4v) is 3.32. The first-order valence-corrected chi connectivity index (χ1v) is 8.79. The van der Waals surface area contributed by atoms with Crippen LogP contribution in [0.15, 0.2) is 6.07 Å². The standard InChI is InChI=1S/C13H18N6S2/c1-7(2)9-5-10(15-14-9)12-18-19-11(6-20-8(3)4)16-17-13(19)21-12/h5,7-8H,6H2,1-4H3,(H,14,15). The van der Waals surface area contributed by atoms with Crippen LogP contribution in [0, 0.1) is 0 Å². The topological polar surface area (TPSA) is 71.8 Å². The fraction of sp³-hybridized carbons (Fsp3) is 0.538. The summed E-state index contributed by atoms with van der Waals surface area (Å²) >= 11 is 3.35. The van der Waals surface area contributed by atoms with E-state index in [2.05, 4.69) is 59.3 Å².